The summed E-state index contributed by atoms with van der Waals surface area (Å²) < 4.78 is 1.86. The fourth-order valence-electron chi connectivity index (χ4n) is 3.32. The zero-order valence-electron chi connectivity index (χ0n) is 15.2. The average Bonchev–Trinajstić information content (AvgIpc) is 3.17. The van der Waals surface area contributed by atoms with E-state index in [1.165, 1.54) is 0 Å². The third kappa shape index (κ3) is 2.58. The quantitative estimate of drug-likeness (QED) is 0.729. The maximum absolute atomic E-state index is 13.0. The van der Waals surface area contributed by atoms with Crippen molar-refractivity contribution in [2.75, 3.05) is 0 Å². The molecule has 132 valence electrons. The third-order valence-corrected chi connectivity index (χ3v) is 4.81. The highest BCUT2D eigenvalue weighted by molar-refractivity contribution is 6.21. The van der Waals surface area contributed by atoms with Gasteiger partial charge < -0.3 is 0 Å². The van der Waals surface area contributed by atoms with Crippen LogP contribution < -0.4 is 0 Å². The lowest BCUT2D eigenvalue weighted by molar-refractivity contribution is -0.135. The summed E-state index contributed by atoms with van der Waals surface area (Å²) in [6, 6.07) is 9.85. The summed E-state index contributed by atoms with van der Waals surface area (Å²) in [5.41, 5.74) is 3.99. The van der Waals surface area contributed by atoms with Crippen molar-refractivity contribution in [2.45, 2.75) is 33.7 Å². The fraction of sp³-hybridized carbons (Fsp3) is 0.300. The molecule has 26 heavy (non-hydrogen) atoms. The summed E-state index contributed by atoms with van der Waals surface area (Å²) in [6.07, 6.45) is 6.28. The summed E-state index contributed by atoms with van der Waals surface area (Å²) in [7, 11) is 0. The number of aryl methyl sites for hydroxylation is 1. The molecule has 0 bridgehead atoms. The molecule has 3 aromatic heterocycles. The lowest BCUT2D eigenvalue weighted by Crippen LogP contribution is -2.34. The van der Waals surface area contributed by atoms with Gasteiger partial charge in [-0.3, -0.25) is 9.78 Å². The van der Waals surface area contributed by atoms with Crippen LogP contribution in [0.25, 0.3) is 5.52 Å². The number of amides is 1. The average molecular weight is 347 g/mol. The molecule has 1 aliphatic heterocycles. The Morgan fingerprint density at radius 1 is 1.19 bits per heavy atom. The number of hydrogen-bond acceptors (Lipinski definition) is 4. The molecular weight excluding hydrogens is 326 g/mol. The molecule has 6 heteroatoms. The molecule has 4 heterocycles. The number of carbonyl (C=O) groups is 1. The summed E-state index contributed by atoms with van der Waals surface area (Å²) in [5.74, 6) is -0.00594. The van der Waals surface area contributed by atoms with Crippen LogP contribution in [0, 0.1) is 5.41 Å². The molecule has 0 spiro atoms. The summed E-state index contributed by atoms with van der Waals surface area (Å²) >= 11 is 0. The van der Waals surface area contributed by atoms with Crippen LogP contribution in [0.1, 0.15) is 37.6 Å². The Bertz CT molecular complexity index is 1000. The number of rotatable bonds is 4. The molecule has 0 atom stereocenters. The highest BCUT2D eigenvalue weighted by Crippen LogP contribution is 2.34. The van der Waals surface area contributed by atoms with E-state index in [0.717, 1.165) is 34.5 Å². The van der Waals surface area contributed by atoms with E-state index >= 15 is 0 Å². The third-order valence-electron chi connectivity index (χ3n) is 4.81. The van der Waals surface area contributed by atoms with Crippen LogP contribution >= 0.6 is 0 Å². The minimum Gasteiger partial charge on any atom is -0.272 e. The zero-order chi connectivity index (χ0) is 18.3. The van der Waals surface area contributed by atoms with Crippen molar-refractivity contribution in [3.8, 4) is 0 Å². The molecule has 0 saturated carbocycles. The van der Waals surface area contributed by atoms with Crippen molar-refractivity contribution >= 4 is 17.1 Å². The largest absolute Gasteiger partial charge is 0.272 e. The van der Waals surface area contributed by atoms with Gasteiger partial charge in [0.25, 0.3) is 5.91 Å². The van der Waals surface area contributed by atoms with Gasteiger partial charge >= 0.3 is 0 Å². The molecule has 0 radical (unpaired) electrons. The van der Waals surface area contributed by atoms with Gasteiger partial charge in [-0.1, -0.05) is 13.0 Å². The van der Waals surface area contributed by atoms with Crippen LogP contribution in [0.2, 0.25) is 0 Å². The number of hydrazone groups is 1. The highest BCUT2D eigenvalue weighted by atomic mass is 16.2. The van der Waals surface area contributed by atoms with Crippen LogP contribution in [-0.2, 0) is 17.8 Å². The zero-order valence-corrected chi connectivity index (χ0v) is 15.2. The first kappa shape index (κ1) is 16.4. The molecule has 6 nitrogen and oxygen atoms in total. The molecule has 4 rings (SSSR count). The SMILES string of the molecule is CCc1cc2c(C3=NN(Cc4cccnc4)C(=O)C3(C)C)cccn2n1. The molecule has 1 amide bonds. The number of hydrogen-bond donors (Lipinski definition) is 0. The first-order valence-corrected chi connectivity index (χ1v) is 8.78. The van der Waals surface area contributed by atoms with Crippen LogP contribution in [0.15, 0.2) is 54.0 Å². The Morgan fingerprint density at radius 3 is 2.77 bits per heavy atom. The number of carbonyl (C=O) groups excluding carboxylic acids is 1. The molecule has 0 saturated heterocycles. The summed E-state index contributed by atoms with van der Waals surface area (Å²) in [4.78, 5) is 17.1. The summed E-state index contributed by atoms with van der Waals surface area (Å²) in [6.45, 7) is 6.36. The number of pyridine rings is 2. The van der Waals surface area contributed by atoms with E-state index in [1.807, 2.05) is 48.8 Å². The van der Waals surface area contributed by atoms with Gasteiger partial charge in [0, 0.05) is 24.2 Å². The predicted octanol–water partition coefficient (Wildman–Crippen LogP) is 3.06. The molecule has 0 aromatic carbocycles. The second-order valence-corrected chi connectivity index (χ2v) is 7.04. The van der Waals surface area contributed by atoms with Gasteiger partial charge in [0.1, 0.15) is 0 Å². The van der Waals surface area contributed by atoms with Crippen molar-refractivity contribution in [2.24, 2.45) is 10.5 Å². The van der Waals surface area contributed by atoms with E-state index < -0.39 is 5.41 Å². The normalized spacial score (nSPS) is 16.3. The van der Waals surface area contributed by atoms with Crippen molar-refractivity contribution in [3.05, 3.63) is 65.7 Å². The Morgan fingerprint density at radius 2 is 2.04 bits per heavy atom. The lowest BCUT2D eigenvalue weighted by atomic mass is 9.83. The Hall–Kier alpha value is -3.02. The molecule has 0 unspecified atom stereocenters. The number of nitrogens with zero attached hydrogens (tertiary/aromatic N) is 5. The van der Waals surface area contributed by atoms with Gasteiger partial charge in [-0.2, -0.15) is 10.2 Å². The molecule has 1 aliphatic rings. The van der Waals surface area contributed by atoms with Crippen molar-refractivity contribution < 1.29 is 4.79 Å². The van der Waals surface area contributed by atoms with E-state index in [0.29, 0.717) is 6.54 Å². The van der Waals surface area contributed by atoms with Crippen LogP contribution in [0.3, 0.4) is 0 Å². The maximum Gasteiger partial charge on any atom is 0.254 e. The second kappa shape index (κ2) is 6.05. The van der Waals surface area contributed by atoms with Crippen molar-refractivity contribution in [1.82, 2.24) is 19.6 Å². The minimum absolute atomic E-state index is 0.00594. The molecule has 3 aromatic rings. The Labute approximate surface area is 152 Å². The van der Waals surface area contributed by atoms with Crippen LogP contribution in [-0.4, -0.2) is 31.2 Å². The minimum atomic E-state index is -0.694. The molecular formula is C20H21N5O. The second-order valence-electron chi connectivity index (χ2n) is 7.04. The fourth-order valence-corrected chi connectivity index (χ4v) is 3.32. The Kier molecular flexibility index (Phi) is 3.83. The predicted molar refractivity (Wildman–Crippen MR) is 99.7 cm³/mol. The van der Waals surface area contributed by atoms with E-state index in [1.54, 1.807) is 17.4 Å². The first-order chi connectivity index (χ1) is 12.5. The van der Waals surface area contributed by atoms with Crippen LogP contribution in [0.5, 0.6) is 0 Å². The molecule has 0 fully saturated rings. The smallest absolute Gasteiger partial charge is 0.254 e. The van der Waals surface area contributed by atoms with Crippen molar-refractivity contribution in [1.29, 1.82) is 0 Å². The van der Waals surface area contributed by atoms with Crippen molar-refractivity contribution in [3.63, 3.8) is 0 Å². The topological polar surface area (TPSA) is 62.9 Å². The van der Waals surface area contributed by atoms with Gasteiger partial charge in [0.15, 0.2) is 0 Å². The van der Waals surface area contributed by atoms with E-state index in [9.17, 15) is 4.79 Å². The van der Waals surface area contributed by atoms with E-state index in [2.05, 4.69) is 23.1 Å². The highest BCUT2D eigenvalue weighted by Gasteiger charge is 2.44. The van der Waals surface area contributed by atoms with E-state index in [-0.39, 0.29) is 5.91 Å². The lowest BCUT2D eigenvalue weighted by Gasteiger charge is -2.19. The van der Waals surface area contributed by atoms with E-state index in [4.69, 9.17) is 5.10 Å². The number of fused-ring (bicyclic) bond motifs is 1. The van der Waals surface area contributed by atoms with Gasteiger partial charge in [0.05, 0.1) is 28.9 Å². The Balaban J connectivity index is 1.78. The van der Waals surface area contributed by atoms with Gasteiger partial charge in [-0.15, -0.1) is 0 Å². The van der Waals surface area contributed by atoms with Gasteiger partial charge in [0.2, 0.25) is 0 Å². The molecule has 0 N–H and O–H groups in total. The first-order valence-electron chi connectivity index (χ1n) is 8.78. The summed E-state index contributed by atoms with van der Waals surface area (Å²) in [5, 5.41) is 10.8. The van der Waals surface area contributed by atoms with Gasteiger partial charge in [-0.25, -0.2) is 9.52 Å². The van der Waals surface area contributed by atoms with Gasteiger partial charge in [-0.05, 0) is 50.1 Å². The standard InChI is InChI=1S/C20H21N5O/c1-4-15-11-17-16(8-6-10-24(17)22-15)18-20(2,3)19(26)25(23-18)13-14-7-5-9-21-12-14/h5-12H,4,13H2,1-3H3. The maximum atomic E-state index is 13.0. The monoisotopic (exact) mass is 347 g/mol. The number of aromatic nitrogens is 3. The molecule has 0 aliphatic carbocycles. The van der Waals surface area contributed by atoms with Crippen LogP contribution in [0.4, 0.5) is 0 Å².